The first-order chi connectivity index (χ1) is 5.95. The molecular formula is C9H8F3O. The summed E-state index contributed by atoms with van der Waals surface area (Å²) in [6.45, 7) is 3.06. The van der Waals surface area contributed by atoms with Crippen LogP contribution in [0.25, 0.3) is 0 Å². The Morgan fingerprint density at radius 2 is 1.92 bits per heavy atom. The number of halogens is 3. The van der Waals surface area contributed by atoms with Crippen molar-refractivity contribution in [3.63, 3.8) is 0 Å². The van der Waals surface area contributed by atoms with Gasteiger partial charge in [0.2, 0.25) is 0 Å². The minimum atomic E-state index is -4.36. The summed E-state index contributed by atoms with van der Waals surface area (Å²) in [5.74, 6) is 0. The van der Waals surface area contributed by atoms with Gasteiger partial charge in [-0.05, 0) is 30.2 Å². The van der Waals surface area contributed by atoms with E-state index in [1.54, 1.807) is 0 Å². The predicted octanol–water partition coefficient (Wildman–Crippen LogP) is 2.38. The Balaban J connectivity index is 3.14. The SMILES string of the molecule is [CH2]c1ccc(C(F)(F)F)cc1CO. The molecule has 0 heterocycles. The van der Waals surface area contributed by atoms with Gasteiger partial charge in [-0.25, -0.2) is 0 Å². The summed E-state index contributed by atoms with van der Waals surface area (Å²) in [5.41, 5.74) is -0.144. The van der Waals surface area contributed by atoms with Gasteiger partial charge in [0.25, 0.3) is 0 Å². The van der Waals surface area contributed by atoms with Gasteiger partial charge in [-0.15, -0.1) is 0 Å². The maximum Gasteiger partial charge on any atom is 0.416 e. The van der Waals surface area contributed by atoms with Gasteiger partial charge in [0.1, 0.15) is 0 Å². The summed E-state index contributed by atoms with van der Waals surface area (Å²) in [7, 11) is 0. The standard InChI is InChI=1S/C9H8F3O/c1-6-2-3-8(9(10,11)12)4-7(6)5-13/h2-4,13H,1,5H2. The van der Waals surface area contributed by atoms with Crippen LogP contribution in [0, 0.1) is 6.92 Å². The fraction of sp³-hybridized carbons (Fsp3) is 0.222. The van der Waals surface area contributed by atoms with Crippen molar-refractivity contribution in [2.45, 2.75) is 12.8 Å². The minimum absolute atomic E-state index is 0.204. The van der Waals surface area contributed by atoms with Gasteiger partial charge in [0, 0.05) is 0 Å². The van der Waals surface area contributed by atoms with Crippen molar-refractivity contribution in [3.8, 4) is 0 Å². The second-order valence-electron chi connectivity index (χ2n) is 2.64. The molecule has 1 rings (SSSR count). The molecule has 71 valence electrons. The first-order valence-corrected chi connectivity index (χ1v) is 3.58. The molecule has 4 heteroatoms. The summed E-state index contributed by atoms with van der Waals surface area (Å²) in [6.07, 6.45) is -4.36. The van der Waals surface area contributed by atoms with Crippen LogP contribution in [0.4, 0.5) is 13.2 Å². The molecule has 0 bridgehead atoms. The molecule has 0 aliphatic heterocycles. The average Bonchev–Trinajstić information content (AvgIpc) is 2.03. The van der Waals surface area contributed by atoms with Crippen LogP contribution in [0.15, 0.2) is 18.2 Å². The number of hydrogen-bond acceptors (Lipinski definition) is 1. The van der Waals surface area contributed by atoms with E-state index in [1.807, 2.05) is 0 Å². The lowest BCUT2D eigenvalue weighted by Crippen LogP contribution is -2.06. The maximum atomic E-state index is 12.1. The Morgan fingerprint density at radius 1 is 1.31 bits per heavy atom. The maximum absolute atomic E-state index is 12.1. The van der Waals surface area contributed by atoms with Gasteiger partial charge in [-0.3, -0.25) is 0 Å². The van der Waals surface area contributed by atoms with Crippen molar-refractivity contribution in [2.24, 2.45) is 0 Å². The second-order valence-corrected chi connectivity index (χ2v) is 2.64. The Hall–Kier alpha value is -1.03. The van der Waals surface area contributed by atoms with Crippen LogP contribution >= 0.6 is 0 Å². The Kier molecular flexibility index (Phi) is 2.61. The summed E-state index contributed by atoms with van der Waals surface area (Å²) in [5, 5.41) is 8.70. The van der Waals surface area contributed by atoms with Crippen LogP contribution in [-0.4, -0.2) is 5.11 Å². The lowest BCUT2D eigenvalue weighted by atomic mass is 10.1. The zero-order valence-electron chi connectivity index (χ0n) is 6.73. The van der Waals surface area contributed by atoms with Gasteiger partial charge in [0.15, 0.2) is 0 Å². The van der Waals surface area contributed by atoms with Gasteiger partial charge in [-0.2, -0.15) is 13.2 Å². The van der Waals surface area contributed by atoms with E-state index < -0.39 is 18.3 Å². The molecule has 0 atom stereocenters. The smallest absolute Gasteiger partial charge is 0.392 e. The van der Waals surface area contributed by atoms with Crippen LogP contribution in [0.2, 0.25) is 0 Å². The Labute approximate surface area is 73.8 Å². The van der Waals surface area contributed by atoms with E-state index in [2.05, 4.69) is 6.92 Å². The lowest BCUT2D eigenvalue weighted by molar-refractivity contribution is -0.137. The van der Waals surface area contributed by atoms with Crippen LogP contribution in [0.1, 0.15) is 16.7 Å². The third kappa shape index (κ3) is 2.21. The summed E-state index contributed by atoms with van der Waals surface area (Å²) < 4.78 is 36.4. The van der Waals surface area contributed by atoms with E-state index in [0.717, 1.165) is 12.1 Å². The van der Waals surface area contributed by atoms with Gasteiger partial charge in [-0.1, -0.05) is 6.07 Å². The summed E-state index contributed by atoms with van der Waals surface area (Å²) >= 11 is 0. The zero-order valence-corrected chi connectivity index (χ0v) is 6.73. The highest BCUT2D eigenvalue weighted by atomic mass is 19.4. The first kappa shape index (κ1) is 10.1. The number of alkyl halides is 3. The molecule has 0 saturated heterocycles. The predicted molar refractivity (Wildman–Crippen MR) is 41.8 cm³/mol. The highest BCUT2D eigenvalue weighted by Gasteiger charge is 2.30. The van der Waals surface area contributed by atoms with Crippen LogP contribution in [-0.2, 0) is 12.8 Å². The minimum Gasteiger partial charge on any atom is -0.392 e. The Morgan fingerprint density at radius 3 is 2.38 bits per heavy atom. The number of rotatable bonds is 1. The quantitative estimate of drug-likeness (QED) is 0.719. The van der Waals surface area contributed by atoms with Crippen LogP contribution in [0.3, 0.4) is 0 Å². The summed E-state index contributed by atoms with van der Waals surface area (Å²) in [6, 6.07) is 3.10. The monoisotopic (exact) mass is 189 g/mol. The van der Waals surface area contributed by atoms with E-state index in [-0.39, 0.29) is 5.56 Å². The number of aliphatic hydroxyl groups is 1. The van der Waals surface area contributed by atoms with Crippen molar-refractivity contribution in [1.29, 1.82) is 0 Å². The van der Waals surface area contributed by atoms with Gasteiger partial charge in [0.05, 0.1) is 12.2 Å². The molecule has 0 amide bonds. The summed E-state index contributed by atoms with van der Waals surface area (Å²) in [4.78, 5) is 0. The van der Waals surface area contributed by atoms with E-state index in [9.17, 15) is 13.2 Å². The first-order valence-electron chi connectivity index (χ1n) is 3.58. The normalized spacial score (nSPS) is 11.8. The Bertz CT molecular complexity index is 304. The third-order valence-corrected chi connectivity index (χ3v) is 1.70. The van der Waals surface area contributed by atoms with E-state index in [4.69, 9.17) is 5.11 Å². The zero-order chi connectivity index (χ0) is 10.1. The molecule has 1 nitrogen and oxygen atoms in total. The molecule has 1 aromatic carbocycles. The molecule has 0 fully saturated rings. The fourth-order valence-corrected chi connectivity index (χ4v) is 0.949. The molecule has 0 unspecified atom stereocenters. The molecular weight excluding hydrogens is 181 g/mol. The molecule has 1 N–H and O–H groups in total. The average molecular weight is 189 g/mol. The van der Waals surface area contributed by atoms with E-state index in [1.165, 1.54) is 6.07 Å². The molecule has 1 radical (unpaired) electrons. The number of aliphatic hydroxyl groups excluding tert-OH is 1. The number of benzene rings is 1. The molecule has 0 spiro atoms. The lowest BCUT2D eigenvalue weighted by Gasteiger charge is -2.09. The van der Waals surface area contributed by atoms with Crippen molar-refractivity contribution in [3.05, 3.63) is 41.8 Å². The molecule has 0 aliphatic rings. The highest BCUT2D eigenvalue weighted by Crippen LogP contribution is 2.30. The molecule has 13 heavy (non-hydrogen) atoms. The topological polar surface area (TPSA) is 20.2 Å². The number of hydrogen-bond donors (Lipinski definition) is 1. The molecule has 0 saturated carbocycles. The second kappa shape index (κ2) is 3.38. The van der Waals surface area contributed by atoms with Crippen molar-refractivity contribution in [1.82, 2.24) is 0 Å². The van der Waals surface area contributed by atoms with E-state index >= 15 is 0 Å². The fourth-order valence-electron chi connectivity index (χ4n) is 0.949. The van der Waals surface area contributed by atoms with Gasteiger partial charge < -0.3 is 5.11 Å². The molecule has 0 aromatic heterocycles. The third-order valence-electron chi connectivity index (χ3n) is 1.70. The van der Waals surface area contributed by atoms with Crippen molar-refractivity contribution in [2.75, 3.05) is 0 Å². The van der Waals surface area contributed by atoms with Crippen molar-refractivity contribution < 1.29 is 18.3 Å². The highest BCUT2D eigenvalue weighted by molar-refractivity contribution is 5.34. The molecule has 1 aromatic rings. The van der Waals surface area contributed by atoms with Crippen LogP contribution in [0.5, 0.6) is 0 Å². The van der Waals surface area contributed by atoms with Crippen molar-refractivity contribution >= 4 is 0 Å². The van der Waals surface area contributed by atoms with E-state index in [0.29, 0.717) is 5.56 Å². The largest absolute Gasteiger partial charge is 0.416 e. The van der Waals surface area contributed by atoms with Crippen LogP contribution < -0.4 is 0 Å². The molecule has 0 aliphatic carbocycles. The van der Waals surface area contributed by atoms with Gasteiger partial charge >= 0.3 is 6.18 Å².